The van der Waals surface area contributed by atoms with E-state index < -0.39 is 5.41 Å². The van der Waals surface area contributed by atoms with E-state index >= 15 is 0 Å². The summed E-state index contributed by atoms with van der Waals surface area (Å²) in [6.45, 7) is 2.57. The van der Waals surface area contributed by atoms with E-state index in [-0.39, 0.29) is 12.1 Å². The molecule has 1 aromatic carbocycles. The van der Waals surface area contributed by atoms with E-state index in [0.717, 1.165) is 11.1 Å². The highest BCUT2D eigenvalue weighted by atomic mass is 35.5. The van der Waals surface area contributed by atoms with Gasteiger partial charge in [-0.25, -0.2) is 4.79 Å². The fourth-order valence-corrected chi connectivity index (χ4v) is 3.32. The number of ether oxygens (including phenoxy) is 2. The molecule has 0 radical (unpaired) electrons. The number of fused-ring (bicyclic) bond motifs is 1. The molecule has 3 rings (SSSR count). The Morgan fingerprint density at radius 1 is 1.41 bits per heavy atom. The third kappa shape index (κ3) is 2.40. The summed E-state index contributed by atoms with van der Waals surface area (Å²) in [4.78, 5) is 11.9. The Hall–Kier alpha value is -1.84. The molecule has 114 valence electrons. The van der Waals surface area contributed by atoms with Crippen molar-refractivity contribution < 1.29 is 14.3 Å². The van der Waals surface area contributed by atoms with E-state index in [4.69, 9.17) is 21.1 Å². The third-order valence-electron chi connectivity index (χ3n) is 4.23. The van der Waals surface area contributed by atoms with Crippen molar-refractivity contribution in [3.05, 3.63) is 64.7 Å². The van der Waals surface area contributed by atoms with Crippen LogP contribution in [0.1, 0.15) is 12.5 Å². The van der Waals surface area contributed by atoms with Crippen molar-refractivity contribution in [3.8, 4) is 0 Å². The van der Waals surface area contributed by atoms with Crippen LogP contribution in [0.15, 0.2) is 54.1 Å². The van der Waals surface area contributed by atoms with Crippen molar-refractivity contribution in [2.45, 2.75) is 13.0 Å². The molecule has 0 amide bonds. The molecule has 2 atom stereocenters. The van der Waals surface area contributed by atoms with Crippen LogP contribution in [0.4, 0.5) is 0 Å². The van der Waals surface area contributed by atoms with E-state index in [2.05, 4.69) is 6.92 Å². The first-order valence-corrected chi connectivity index (χ1v) is 7.50. The lowest BCUT2D eigenvalue weighted by Gasteiger charge is -2.41. The summed E-state index contributed by atoms with van der Waals surface area (Å²) in [6, 6.07) is 7.72. The maximum absolute atomic E-state index is 11.9. The summed E-state index contributed by atoms with van der Waals surface area (Å²) < 4.78 is 10.7. The molecule has 0 fully saturated rings. The summed E-state index contributed by atoms with van der Waals surface area (Å²) in [7, 11) is 1.38. The minimum Gasteiger partial charge on any atom is -0.465 e. The maximum Gasteiger partial charge on any atom is 0.337 e. The fourth-order valence-electron chi connectivity index (χ4n) is 3.08. The zero-order valence-corrected chi connectivity index (χ0v) is 13.3. The van der Waals surface area contributed by atoms with Gasteiger partial charge < -0.3 is 9.47 Å². The predicted octanol–water partition coefficient (Wildman–Crippen LogP) is 3.80. The van der Waals surface area contributed by atoms with Gasteiger partial charge in [0.1, 0.15) is 0 Å². The number of carbonyl (C=O) groups excluding carboxylic acids is 1. The molecule has 0 saturated heterocycles. The second-order valence-corrected chi connectivity index (χ2v) is 5.99. The number of hydrogen-bond donors (Lipinski definition) is 0. The molecule has 1 heterocycles. The molecular formula is C18H17ClO3. The molecule has 0 saturated carbocycles. The SMILES string of the molecule is COC(=O)C1=CC2(C)C(c3ccccc3Cl)=CCO[C@@H]2C=C1. The molecule has 0 aromatic heterocycles. The normalized spacial score (nSPS) is 26.8. The van der Waals surface area contributed by atoms with Crippen LogP contribution in [0.3, 0.4) is 0 Å². The molecule has 3 nitrogen and oxygen atoms in total. The van der Waals surface area contributed by atoms with Gasteiger partial charge in [-0.3, -0.25) is 0 Å². The minimum absolute atomic E-state index is 0.128. The Kier molecular flexibility index (Phi) is 3.94. The van der Waals surface area contributed by atoms with Gasteiger partial charge in [0.15, 0.2) is 0 Å². The number of esters is 1. The lowest BCUT2D eigenvalue weighted by Crippen LogP contribution is -2.38. The van der Waals surface area contributed by atoms with Crippen LogP contribution < -0.4 is 0 Å². The van der Waals surface area contributed by atoms with Crippen LogP contribution in [0.5, 0.6) is 0 Å². The van der Waals surface area contributed by atoms with Gasteiger partial charge in [0.2, 0.25) is 0 Å². The van der Waals surface area contributed by atoms with E-state index in [1.165, 1.54) is 7.11 Å². The average molecular weight is 317 g/mol. The number of rotatable bonds is 2. The number of halogens is 1. The highest BCUT2D eigenvalue weighted by Gasteiger charge is 2.41. The van der Waals surface area contributed by atoms with E-state index in [9.17, 15) is 4.79 Å². The first-order valence-electron chi connectivity index (χ1n) is 7.13. The predicted molar refractivity (Wildman–Crippen MR) is 86.5 cm³/mol. The van der Waals surface area contributed by atoms with Gasteiger partial charge in [0.05, 0.1) is 25.4 Å². The van der Waals surface area contributed by atoms with Gasteiger partial charge in [0.25, 0.3) is 0 Å². The topological polar surface area (TPSA) is 35.5 Å². The zero-order valence-electron chi connectivity index (χ0n) is 12.5. The molecule has 1 unspecified atom stereocenters. The van der Waals surface area contributed by atoms with Gasteiger partial charge in [-0.1, -0.05) is 48.0 Å². The van der Waals surface area contributed by atoms with Crippen LogP contribution in [0, 0.1) is 5.41 Å². The van der Waals surface area contributed by atoms with Crippen LogP contribution in [0.2, 0.25) is 5.02 Å². The summed E-state index contributed by atoms with van der Waals surface area (Å²) in [5.74, 6) is -0.347. The Bertz CT molecular complexity index is 702. The van der Waals surface area contributed by atoms with E-state index in [0.29, 0.717) is 17.2 Å². The number of benzene rings is 1. The summed E-state index contributed by atoms with van der Waals surface area (Å²) >= 11 is 6.36. The van der Waals surface area contributed by atoms with Gasteiger partial charge in [0, 0.05) is 10.4 Å². The largest absolute Gasteiger partial charge is 0.465 e. The van der Waals surface area contributed by atoms with Crippen molar-refractivity contribution >= 4 is 23.1 Å². The number of hydrogen-bond acceptors (Lipinski definition) is 3. The van der Waals surface area contributed by atoms with Gasteiger partial charge in [-0.2, -0.15) is 0 Å². The summed E-state index contributed by atoms with van der Waals surface area (Å²) in [6.07, 6.45) is 7.49. The number of carbonyl (C=O) groups is 1. The summed E-state index contributed by atoms with van der Waals surface area (Å²) in [5, 5.41) is 0.693. The highest BCUT2D eigenvalue weighted by Crippen LogP contribution is 2.47. The Balaban J connectivity index is 2.10. The van der Waals surface area contributed by atoms with Crippen LogP contribution in [-0.2, 0) is 14.3 Å². The van der Waals surface area contributed by atoms with Crippen LogP contribution in [-0.4, -0.2) is 25.8 Å². The molecule has 2 aliphatic rings. The van der Waals surface area contributed by atoms with Gasteiger partial charge >= 0.3 is 5.97 Å². The summed E-state index contributed by atoms with van der Waals surface area (Å²) in [5.41, 5.74) is 2.11. The molecule has 1 aliphatic carbocycles. The number of methoxy groups -OCH3 is 1. The molecule has 1 aromatic rings. The standard InChI is InChI=1S/C18H17ClO3/c1-18-11-12(17(20)21-2)7-8-16(18)22-10-9-14(18)13-5-3-4-6-15(13)19/h3-9,11,16H,10H2,1-2H3/t16-,18?/m1/s1. The molecule has 0 bridgehead atoms. The second-order valence-electron chi connectivity index (χ2n) is 5.58. The Labute approximate surface area is 134 Å². The van der Waals surface area contributed by atoms with Crippen LogP contribution in [0.25, 0.3) is 5.57 Å². The molecular weight excluding hydrogens is 300 g/mol. The Morgan fingerprint density at radius 3 is 2.91 bits per heavy atom. The van der Waals surface area contributed by atoms with Crippen molar-refractivity contribution in [2.24, 2.45) is 5.41 Å². The molecule has 4 heteroatoms. The van der Waals surface area contributed by atoms with Crippen molar-refractivity contribution in [3.63, 3.8) is 0 Å². The Morgan fingerprint density at radius 2 is 2.18 bits per heavy atom. The van der Waals surface area contributed by atoms with Crippen molar-refractivity contribution in [2.75, 3.05) is 13.7 Å². The molecule has 22 heavy (non-hydrogen) atoms. The molecule has 1 aliphatic heterocycles. The first kappa shape index (κ1) is 15.1. The zero-order chi connectivity index (χ0) is 15.7. The third-order valence-corrected chi connectivity index (χ3v) is 4.56. The highest BCUT2D eigenvalue weighted by molar-refractivity contribution is 6.32. The lowest BCUT2D eigenvalue weighted by molar-refractivity contribution is -0.135. The second kappa shape index (κ2) is 5.75. The van der Waals surface area contributed by atoms with Crippen LogP contribution >= 0.6 is 11.6 Å². The lowest BCUT2D eigenvalue weighted by atomic mass is 9.69. The van der Waals surface area contributed by atoms with Crippen molar-refractivity contribution in [1.29, 1.82) is 0 Å². The smallest absolute Gasteiger partial charge is 0.337 e. The van der Waals surface area contributed by atoms with Gasteiger partial charge in [-0.05, 0) is 30.2 Å². The fraction of sp³-hybridized carbons (Fsp3) is 0.278. The maximum atomic E-state index is 11.9. The molecule has 0 N–H and O–H groups in total. The first-order chi connectivity index (χ1) is 10.6. The quantitative estimate of drug-likeness (QED) is 0.779. The van der Waals surface area contributed by atoms with E-state index in [1.54, 1.807) is 6.08 Å². The average Bonchev–Trinajstić information content (AvgIpc) is 2.53. The monoisotopic (exact) mass is 316 g/mol. The van der Waals surface area contributed by atoms with E-state index in [1.807, 2.05) is 42.5 Å². The van der Waals surface area contributed by atoms with Crippen molar-refractivity contribution in [1.82, 2.24) is 0 Å². The van der Waals surface area contributed by atoms with Gasteiger partial charge in [-0.15, -0.1) is 0 Å². The minimum atomic E-state index is -0.457. The molecule has 0 spiro atoms.